The van der Waals surface area contributed by atoms with Crippen molar-refractivity contribution in [3.63, 3.8) is 0 Å². The van der Waals surface area contributed by atoms with Gasteiger partial charge >= 0.3 is 0 Å². The van der Waals surface area contributed by atoms with Crippen molar-refractivity contribution in [2.45, 2.75) is 43.9 Å². The maximum absolute atomic E-state index is 12.7. The lowest BCUT2D eigenvalue weighted by Crippen LogP contribution is -2.44. The molecule has 1 amide bonds. The number of carbonyl (C=O) groups excluding carboxylic acids is 1. The van der Waals surface area contributed by atoms with Gasteiger partial charge in [-0.15, -0.1) is 0 Å². The lowest BCUT2D eigenvalue weighted by atomic mass is 9.88. The second-order valence-corrected chi connectivity index (χ2v) is 8.80. The number of carbonyl (C=O) groups is 1. The summed E-state index contributed by atoms with van der Waals surface area (Å²) >= 11 is 0. The Kier molecular flexibility index (Phi) is 6.01. The Bertz CT molecular complexity index is 1030. The zero-order chi connectivity index (χ0) is 21.8. The number of nitrogens with zero attached hydrogens (tertiary/aromatic N) is 4. The first kappa shape index (κ1) is 20.8. The summed E-state index contributed by atoms with van der Waals surface area (Å²) in [5, 5.41) is 7.30. The summed E-state index contributed by atoms with van der Waals surface area (Å²) in [6, 6.07) is 13.5. The summed E-state index contributed by atoms with van der Waals surface area (Å²) in [7, 11) is 0. The molecule has 2 saturated heterocycles. The van der Waals surface area contributed by atoms with E-state index in [1.165, 1.54) is 5.56 Å². The van der Waals surface area contributed by atoms with E-state index in [1.807, 2.05) is 48.9 Å². The number of aromatic nitrogens is 3. The highest BCUT2D eigenvalue weighted by molar-refractivity contribution is 5.94. The first-order valence-electron chi connectivity index (χ1n) is 11.4. The molecule has 0 radical (unpaired) electrons. The number of hydrogen-bond acceptors (Lipinski definition) is 5. The second kappa shape index (κ2) is 9.22. The maximum atomic E-state index is 12.7. The van der Waals surface area contributed by atoms with Gasteiger partial charge in [-0.3, -0.25) is 14.7 Å². The second-order valence-electron chi connectivity index (χ2n) is 8.80. The van der Waals surface area contributed by atoms with Crippen molar-refractivity contribution in [2.24, 2.45) is 0 Å². The molecule has 2 aromatic heterocycles. The zero-order valence-electron chi connectivity index (χ0n) is 18.2. The molecular weight excluding hydrogens is 402 g/mol. The first-order chi connectivity index (χ1) is 15.7. The quantitative estimate of drug-likeness (QED) is 0.649. The van der Waals surface area contributed by atoms with E-state index in [2.05, 4.69) is 32.4 Å². The molecule has 166 valence electrons. The van der Waals surface area contributed by atoms with Gasteiger partial charge in [0.2, 0.25) is 0 Å². The van der Waals surface area contributed by atoms with Crippen molar-refractivity contribution in [2.75, 3.05) is 19.6 Å². The molecule has 2 fully saturated rings. The fraction of sp³-hybridized carbons (Fsp3) is 0.400. The van der Waals surface area contributed by atoms with Crippen LogP contribution in [0.3, 0.4) is 0 Å². The van der Waals surface area contributed by atoms with Crippen LogP contribution in [-0.4, -0.2) is 56.9 Å². The molecule has 32 heavy (non-hydrogen) atoms. The molecule has 0 saturated carbocycles. The van der Waals surface area contributed by atoms with Crippen LogP contribution in [0, 0.1) is 0 Å². The van der Waals surface area contributed by atoms with Crippen molar-refractivity contribution in [1.29, 1.82) is 0 Å². The van der Waals surface area contributed by atoms with Gasteiger partial charge in [0.15, 0.2) is 0 Å². The first-order valence-corrected chi connectivity index (χ1v) is 11.4. The molecule has 1 N–H and O–H groups in total. The van der Waals surface area contributed by atoms with E-state index in [4.69, 9.17) is 4.74 Å². The van der Waals surface area contributed by atoms with E-state index in [-0.39, 0.29) is 17.6 Å². The summed E-state index contributed by atoms with van der Waals surface area (Å²) < 4.78 is 8.24. The van der Waals surface area contributed by atoms with Gasteiger partial charge in [0, 0.05) is 56.5 Å². The number of piperidine rings is 1. The topological polar surface area (TPSA) is 72.3 Å². The minimum absolute atomic E-state index is 0.0237. The molecule has 0 aliphatic carbocycles. The molecule has 4 heterocycles. The van der Waals surface area contributed by atoms with Gasteiger partial charge in [0.05, 0.1) is 17.4 Å². The number of likely N-dealkylation sites (tertiary alicyclic amines) is 1. The third kappa shape index (κ3) is 4.74. The van der Waals surface area contributed by atoms with E-state index in [0.717, 1.165) is 51.0 Å². The van der Waals surface area contributed by atoms with Crippen molar-refractivity contribution >= 4 is 5.91 Å². The van der Waals surface area contributed by atoms with Crippen LogP contribution in [0.4, 0.5) is 0 Å². The van der Waals surface area contributed by atoms with Crippen LogP contribution in [-0.2, 0) is 11.3 Å². The number of hydrogen-bond donors (Lipinski definition) is 1. The SMILES string of the molecule is O=C(NC[C@H]1CCC2(CCN(Cc3ccncc3)CC2)O1)c1cccc(-n2cccn2)c1. The summed E-state index contributed by atoms with van der Waals surface area (Å²) in [4.78, 5) is 19.3. The predicted octanol–water partition coefficient (Wildman–Crippen LogP) is 3.21. The van der Waals surface area contributed by atoms with E-state index in [1.54, 1.807) is 10.9 Å². The van der Waals surface area contributed by atoms with Gasteiger partial charge in [-0.1, -0.05) is 6.07 Å². The number of pyridine rings is 1. The Hall–Kier alpha value is -3.03. The lowest BCUT2D eigenvalue weighted by molar-refractivity contribution is -0.0764. The summed E-state index contributed by atoms with van der Waals surface area (Å²) in [6.45, 7) is 3.60. The van der Waals surface area contributed by atoms with Crippen LogP contribution in [0.5, 0.6) is 0 Å². The highest BCUT2D eigenvalue weighted by Crippen LogP contribution is 2.39. The molecule has 2 aliphatic heterocycles. The molecule has 1 atom stereocenters. The Labute approximate surface area is 188 Å². The standard InChI is InChI=1S/C25H29N5O2/c31-24(21-3-1-4-22(17-21)30-14-2-11-28-30)27-18-23-5-8-25(32-23)9-15-29(16-10-25)19-20-6-12-26-13-7-20/h1-4,6-7,11-14,17,23H,5,8-10,15-16,18-19H2,(H,27,31)/t23-/m1/s1. The molecule has 7 heteroatoms. The number of benzene rings is 1. The van der Waals surface area contributed by atoms with Crippen molar-refractivity contribution in [3.8, 4) is 5.69 Å². The molecule has 3 aromatic rings. The number of ether oxygens (including phenoxy) is 1. The smallest absolute Gasteiger partial charge is 0.251 e. The largest absolute Gasteiger partial charge is 0.370 e. The van der Waals surface area contributed by atoms with Gasteiger partial charge in [0.1, 0.15) is 0 Å². The van der Waals surface area contributed by atoms with Crippen LogP contribution in [0.1, 0.15) is 41.6 Å². The molecule has 7 nitrogen and oxygen atoms in total. The third-order valence-corrected chi connectivity index (χ3v) is 6.63. The van der Waals surface area contributed by atoms with Crippen molar-refractivity contribution in [3.05, 3.63) is 78.4 Å². The minimum atomic E-state index is -0.0734. The molecule has 1 spiro atoms. The average Bonchev–Trinajstić information content (AvgIpc) is 3.51. The average molecular weight is 432 g/mol. The van der Waals surface area contributed by atoms with Gasteiger partial charge in [-0.25, -0.2) is 4.68 Å². The molecule has 0 bridgehead atoms. The van der Waals surface area contributed by atoms with Gasteiger partial charge in [0.25, 0.3) is 5.91 Å². The Morgan fingerprint density at radius 3 is 2.72 bits per heavy atom. The summed E-state index contributed by atoms with van der Waals surface area (Å²) in [5.41, 5.74) is 2.79. The Morgan fingerprint density at radius 1 is 1.09 bits per heavy atom. The number of nitrogens with one attached hydrogen (secondary N) is 1. The molecule has 5 rings (SSSR count). The van der Waals surface area contributed by atoms with Crippen molar-refractivity contribution < 1.29 is 9.53 Å². The minimum Gasteiger partial charge on any atom is -0.370 e. The van der Waals surface area contributed by atoms with E-state index in [9.17, 15) is 4.79 Å². The number of amides is 1. The third-order valence-electron chi connectivity index (χ3n) is 6.63. The highest BCUT2D eigenvalue weighted by Gasteiger charge is 2.42. The van der Waals surface area contributed by atoms with E-state index in [0.29, 0.717) is 12.1 Å². The molecule has 2 aliphatic rings. The van der Waals surface area contributed by atoms with E-state index < -0.39 is 0 Å². The van der Waals surface area contributed by atoms with Crippen LogP contribution < -0.4 is 5.32 Å². The fourth-order valence-corrected chi connectivity index (χ4v) is 4.79. The van der Waals surface area contributed by atoms with Crippen molar-refractivity contribution in [1.82, 2.24) is 25.0 Å². The van der Waals surface area contributed by atoms with Crippen LogP contribution in [0.2, 0.25) is 0 Å². The Morgan fingerprint density at radius 2 is 1.94 bits per heavy atom. The highest BCUT2D eigenvalue weighted by atomic mass is 16.5. The van der Waals surface area contributed by atoms with Gasteiger partial charge in [-0.2, -0.15) is 5.10 Å². The normalized spacial score (nSPS) is 20.4. The summed E-state index contributed by atoms with van der Waals surface area (Å²) in [5.74, 6) is -0.0734. The maximum Gasteiger partial charge on any atom is 0.251 e. The molecule has 0 unspecified atom stereocenters. The van der Waals surface area contributed by atoms with Crippen LogP contribution in [0.25, 0.3) is 5.69 Å². The lowest BCUT2D eigenvalue weighted by Gasteiger charge is -2.39. The molecule has 1 aromatic carbocycles. The predicted molar refractivity (Wildman–Crippen MR) is 121 cm³/mol. The Balaban J connectivity index is 1.10. The van der Waals surface area contributed by atoms with Crippen LogP contribution >= 0.6 is 0 Å². The van der Waals surface area contributed by atoms with E-state index >= 15 is 0 Å². The monoisotopic (exact) mass is 431 g/mol. The summed E-state index contributed by atoms with van der Waals surface area (Å²) in [6.07, 6.45) is 11.6. The molecular formula is C25H29N5O2. The van der Waals surface area contributed by atoms with Crippen LogP contribution in [0.15, 0.2) is 67.3 Å². The van der Waals surface area contributed by atoms with Gasteiger partial charge in [-0.05, 0) is 67.6 Å². The zero-order valence-corrected chi connectivity index (χ0v) is 18.2. The van der Waals surface area contributed by atoms with Gasteiger partial charge < -0.3 is 10.1 Å². The fourth-order valence-electron chi connectivity index (χ4n) is 4.79. The number of rotatable bonds is 6.